The Morgan fingerprint density at radius 3 is 2.50 bits per heavy atom. The van der Waals surface area contributed by atoms with Crippen LogP contribution in [0.1, 0.15) is 70.8 Å². The maximum atomic E-state index is 12.0. The molecule has 0 spiro atoms. The van der Waals surface area contributed by atoms with Crippen LogP contribution >= 0.6 is 11.3 Å². The Morgan fingerprint density at radius 1 is 1.12 bits per heavy atom. The summed E-state index contributed by atoms with van der Waals surface area (Å²) in [5.74, 6) is 0.601. The van der Waals surface area contributed by atoms with E-state index >= 15 is 0 Å². The van der Waals surface area contributed by atoms with E-state index in [1.54, 1.807) is 0 Å². The summed E-state index contributed by atoms with van der Waals surface area (Å²) < 4.78 is 0. The summed E-state index contributed by atoms with van der Waals surface area (Å²) in [6.45, 7) is 6.57. The Bertz CT molecular complexity index is 631. The molecule has 1 aromatic heterocycles. The van der Waals surface area contributed by atoms with Crippen LogP contribution in [-0.2, 0) is 4.79 Å². The van der Waals surface area contributed by atoms with Crippen LogP contribution in [0, 0.1) is 0 Å². The first kappa shape index (κ1) is 18.7. The van der Waals surface area contributed by atoms with Gasteiger partial charge in [0.25, 0.3) is 0 Å². The molecule has 2 aromatic rings. The molecule has 0 aliphatic heterocycles. The molecule has 3 nitrogen and oxygen atoms in total. The first-order valence-electron chi connectivity index (χ1n) is 8.96. The second-order valence-electron chi connectivity index (χ2n) is 6.53. The van der Waals surface area contributed by atoms with Crippen molar-refractivity contribution in [1.82, 2.24) is 4.98 Å². The van der Waals surface area contributed by atoms with Crippen LogP contribution in [0.2, 0.25) is 0 Å². The molecule has 0 fully saturated rings. The van der Waals surface area contributed by atoms with Crippen molar-refractivity contribution in [2.75, 3.05) is 5.32 Å². The normalized spacial score (nSPS) is 11.0. The molecule has 0 unspecified atom stereocenters. The maximum Gasteiger partial charge on any atom is 0.226 e. The molecule has 0 saturated heterocycles. The standard InChI is InChI=1S/C20H28N2OS/c1-4-5-6-7-8-9-19(23)22-20-21-18(14-24-20)17-12-10-16(11-13-17)15(2)3/h10-15H,4-9H2,1-3H3,(H,21,22,23). The van der Waals surface area contributed by atoms with E-state index in [9.17, 15) is 4.79 Å². The largest absolute Gasteiger partial charge is 0.302 e. The van der Waals surface area contributed by atoms with Gasteiger partial charge < -0.3 is 5.32 Å². The lowest BCUT2D eigenvalue weighted by Gasteiger charge is -2.05. The molecule has 130 valence electrons. The second-order valence-corrected chi connectivity index (χ2v) is 7.39. The second kappa shape index (κ2) is 9.58. The number of amides is 1. The third kappa shape index (κ3) is 5.75. The van der Waals surface area contributed by atoms with Crippen LogP contribution in [0.5, 0.6) is 0 Å². The molecule has 1 amide bonds. The lowest BCUT2D eigenvalue weighted by Crippen LogP contribution is -2.10. The molecule has 0 bridgehead atoms. The molecule has 4 heteroatoms. The Hall–Kier alpha value is -1.68. The zero-order valence-corrected chi connectivity index (χ0v) is 15.8. The first-order chi connectivity index (χ1) is 11.6. The molecule has 1 heterocycles. The molecule has 2 rings (SSSR count). The van der Waals surface area contributed by atoms with Gasteiger partial charge in [-0.25, -0.2) is 4.98 Å². The minimum Gasteiger partial charge on any atom is -0.302 e. The van der Waals surface area contributed by atoms with Gasteiger partial charge in [-0.3, -0.25) is 4.79 Å². The predicted molar refractivity (Wildman–Crippen MR) is 104 cm³/mol. The number of carbonyl (C=O) groups excluding carboxylic acids is 1. The summed E-state index contributed by atoms with van der Waals surface area (Å²) in [4.78, 5) is 16.5. The van der Waals surface area contributed by atoms with Gasteiger partial charge >= 0.3 is 0 Å². The van der Waals surface area contributed by atoms with Gasteiger partial charge in [-0.1, -0.05) is 70.7 Å². The lowest BCUT2D eigenvalue weighted by molar-refractivity contribution is -0.116. The number of aromatic nitrogens is 1. The molecule has 0 radical (unpaired) electrons. The zero-order valence-electron chi connectivity index (χ0n) is 15.0. The number of thiazole rings is 1. The van der Waals surface area contributed by atoms with Gasteiger partial charge in [0.1, 0.15) is 0 Å². The molecule has 1 N–H and O–H groups in total. The first-order valence-corrected chi connectivity index (χ1v) is 9.83. The number of benzene rings is 1. The number of unbranched alkanes of at least 4 members (excludes halogenated alkanes) is 4. The van der Waals surface area contributed by atoms with Crippen LogP contribution in [0.3, 0.4) is 0 Å². The van der Waals surface area contributed by atoms with E-state index < -0.39 is 0 Å². The predicted octanol–water partition coefficient (Wildman–Crippen LogP) is 6.23. The van der Waals surface area contributed by atoms with Crippen molar-refractivity contribution < 1.29 is 4.79 Å². The van der Waals surface area contributed by atoms with Crippen molar-refractivity contribution in [3.8, 4) is 11.3 Å². The average molecular weight is 345 g/mol. The maximum absolute atomic E-state index is 12.0. The van der Waals surface area contributed by atoms with Crippen molar-refractivity contribution in [2.24, 2.45) is 0 Å². The van der Waals surface area contributed by atoms with Crippen LogP contribution < -0.4 is 5.32 Å². The molecule has 1 aromatic carbocycles. The van der Waals surface area contributed by atoms with Gasteiger partial charge in [0, 0.05) is 17.4 Å². The van der Waals surface area contributed by atoms with Gasteiger partial charge in [0.05, 0.1) is 5.69 Å². The Morgan fingerprint density at radius 2 is 1.83 bits per heavy atom. The third-order valence-electron chi connectivity index (χ3n) is 4.13. The molecular formula is C20H28N2OS. The quantitative estimate of drug-likeness (QED) is 0.548. The summed E-state index contributed by atoms with van der Waals surface area (Å²) in [7, 11) is 0. The van der Waals surface area contributed by atoms with Crippen molar-refractivity contribution in [2.45, 2.75) is 65.2 Å². The fourth-order valence-electron chi connectivity index (χ4n) is 2.57. The third-order valence-corrected chi connectivity index (χ3v) is 4.89. The monoisotopic (exact) mass is 344 g/mol. The van der Waals surface area contributed by atoms with Gasteiger partial charge in [0.15, 0.2) is 5.13 Å². The van der Waals surface area contributed by atoms with E-state index in [-0.39, 0.29) is 5.91 Å². The molecule has 0 atom stereocenters. The molecular weight excluding hydrogens is 316 g/mol. The van der Waals surface area contributed by atoms with Crippen molar-refractivity contribution in [3.63, 3.8) is 0 Å². The molecule has 0 saturated carbocycles. The van der Waals surface area contributed by atoms with Crippen molar-refractivity contribution in [3.05, 3.63) is 35.2 Å². The highest BCUT2D eigenvalue weighted by molar-refractivity contribution is 7.14. The van der Waals surface area contributed by atoms with E-state index in [4.69, 9.17) is 0 Å². The van der Waals surface area contributed by atoms with E-state index in [2.05, 4.69) is 55.3 Å². The zero-order chi connectivity index (χ0) is 17.4. The fraction of sp³-hybridized carbons (Fsp3) is 0.500. The number of rotatable bonds is 9. The number of nitrogens with zero attached hydrogens (tertiary/aromatic N) is 1. The van der Waals surface area contributed by atoms with Gasteiger partial charge in [-0.2, -0.15) is 0 Å². The van der Waals surface area contributed by atoms with Crippen molar-refractivity contribution >= 4 is 22.4 Å². The highest BCUT2D eigenvalue weighted by Gasteiger charge is 2.08. The number of hydrogen-bond donors (Lipinski definition) is 1. The van der Waals surface area contributed by atoms with Gasteiger partial charge in [0.2, 0.25) is 5.91 Å². The minimum atomic E-state index is 0.0718. The van der Waals surface area contributed by atoms with E-state index in [1.165, 1.54) is 36.2 Å². The molecule has 0 aliphatic rings. The Balaban J connectivity index is 1.85. The Kier molecular flexibility index (Phi) is 7.44. The van der Waals surface area contributed by atoms with Crippen LogP contribution in [0.4, 0.5) is 5.13 Å². The van der Waals surface area contributed by atoms with Crippen LogP contribution in [0.25, 0.3) is 11.3 Å². The minimum absolute atomic E-state index is 0.0718. The highest BCUT2D eigenvalue weighted by Crippen LogP contribution is 2.26. The summed E-state index contributed by atoms with van der Waals surface area (Å²) >= 11 is 1.49. The van der Waals surface area contributed by atoms with Gasteiger partial charge in [-0.15, -0.1) is 11.3 Å². The smallest absolute Gasteiger partial charge is 0.226 e. The summed E-state index contributed by atoms with van der Waals surface area (Å²) in [5, 5.41) is 5.61. The molecule has 0 aliphatic carbocycles. The van der Waals surface area contributed by atoms with Crippen LogP contribution in [0.15, 0.2) is 29.6 Å². The number of anilines is 1. The van der Waals surface area contributed by atoms with E-state index in [0.717, 1.165) is 24.1 Å². The molecule has 24 heavy (non-hydrogen) atoms. The fourth-order valence-corrected chi connectivity index (χ4v) is 3.31. The van der Waals surface area contributed by atoms with Gasteiger partial charge in [-0.05, 0) is 17.9 Å². The number of carbonyl (C=O) groups is 1. The lowest BCUT2D eigenvalue weighted by atomic mass is 10.0. The number of hydrogen-bond acceptors (Lipinski definition) is 3. The Labute approximate surface area is 149 Å². The topological polar surface area (TPSA) is 42.0 Å². The SMILES string of the molecule is CCCCCCCC(=O)Nc1nc(-c2ccc(C(C)C)cc2)cs1. The van der Waals surface area contributed by atoms with E-state index in [1.807, 2.05) is 5.38 Å². The summed E-state index contributed by atoms with van der Waals surface area (Å²) in [5.41, 5.74) is 3.34. The average Bonchev–Trinajstić information content (AvgIpc) is 3.03. The summed E-state index contributed by atoms with van der Waals surface area (Å²) in [6, 6.07) is 8.50. The highest BCUT2D eigenvalue weighted by atomic mass is 32.1. The van der Waals surface area contributed by atoms with Crippen LogP contribution in [-0.4, -0.2) is 10.9 Å². The van der Waals surface area contributed by atoms with Crippen molar-refractivity contribution in [1.29, 1.82) is 0 Å². The summed E-state index contributed by atoms with van der Waals surface area (Å²) in [6.07, 6.45) is 6.38. The van der Waals surface area contributed by atoms with E-state index in [0.29, 0.717) is 17.5 Å². The number of nitrogens with one attached hydrogen (secondary N) is 1.